The van der Waals surface area contributed by atoms with Crippen LogP contribution in [0.3, 0.4) is 0 Å². The zero-order chi connectivity index (χ0) is 14.9. The number of morpholine rings is 1. The van der Waals surface area contributed by atoms with Crippen LogP contribution in [0.25, 0.3) is 22.3 Å². The smallest absolute Gasteiger partial charge is 0.125 e. The molecule has 22 heavy (non-hydrogen) atoms. The minimum absolute atomic E-state index is 0.239. The first kappa shape index (κ1) is 13.3. The maximum absolute atomic E-state index is 13.3. The van der Waals surface area contributed by atoms with E-state index in [-0.39, 0.29) is 5.82 Å². The number of anilines is 1. The van der Waals surface area contributed by atoms with Crippen LogP contribution < -0.4 is 4.90 Å². The van der Waals surface area contributed by atoms with E-state index in [4.69, 9.17) is 4.74 Å². The Balaban J connectivity index is 1.63. The SMILES string of the molecule is Fc1ccc2cc(-c3ccc(N4CCOCC4)cn3)[nH]c2c1. The van der Waals surface area contributed by atoms with Gasteiger partial charge in [0.2, 0.25) is 0 Å². The molecule has 1 fully saturated rings. The van der Waals surface area contributed by atoms with Crippen molar-refractivity contribution in [1.29, 1.82) is 0 Å². The topological polar surface area (TPSA) is 41.1 Å². The molecule has 4 nitrogen and oxygen atoms in total. The standard InChI is InChI=1S/C17H16FN3O/c18-13-2-1-12-9-17(20-16(12)10-13)15-4-3-14(11-19-15)21-5-7-22-8-6-21/h1-4,9-11,20H,5-8H2. The number of halogens is 1. The van der Waals surface area contributed by atoms with Gasteiger partial charge in [-0.15, -0.1) is 0 Å². The second-order valence-corrected chi connectivity index (χ2v) is 5.42. The Hall–Kier alpha value is -2.40. The minimum Gasteiger partial charge on any atom is -0.378 e. The first-order valence-corrected chi connectivity index (χ1v) is 7.37. The van der Waals surface area contributed by atoms with E-state index in [1.165, 1.54) is 12.1 Å². The van der Waals surface area contributed by atoms with Crippen LogP contribution in [0.15, 0.2) is 42.6 Å². The molecule has 0 radical (unpaired) electrons. The summed E-state index contributed by atoms with van der Waals surface area (Å²) < 4.78 is 18.6. The van der Waals surface area contributed by atoms with Crippen LogP contribution in [0.1, 0.15) is 0 Å². The van der Waals surface area contributed by atoms with Crippen LogP contribution in [0.4, 0.5) is 10.1 Å². The van der Waals surface area contributed by atoms with Crippen LogP contribution in [0.2, 0.25) is 0 Å². The highest BCUT2D eigenvalue weighted by atomic mass is 19.1. The Bertz CT molecular complexity index is 791. The van der Waals surface area contributed by atoms with Crippen molar-refractivity contribution in [2.24, 2.45) is 0 Å². The molecule has 112 valence electrons. The molecular formula is C17H16FN3O. The average Bonchev–Trinajstić information content (AvgIpc) is 2.99. The van der Waals surface area contributed by atoms with Gasteiger partial charge in [-0.3, -0.25) is 4.98 Å². The second-order valence-electron chi connectivity index (χ2n) is 5.42. The third kappa shape index (κ3) is 2.44. The fraction of sp³-hybridized carbons (Fsp3) is 0.235. The molecule has 0 spiro atoms. The summed E-state index contributed by atoms with van der Waals surface area (Å²) in [4.78, 5) is 10.0. The Labute approximate surface area is 127 Å². The molecule has 0 aliphatic carbocycles. The first-order valence-electron chi connectivity index (χ1n) is 7.37. The van der Waals surface area contributed by atoms with E-state index in [1.807, 2.05) is 18.3 Å². The first-order chi connectivity index (χ1) is 10.8. The quantitative estimate of drug-likeness (QED) is 0.789. The van der Waals surface area contributed by atoms with E-state index in [0.29, 0.717) is 0 Å². The van der Waals surface area contributed by atoms with Gasteiger partial charge in [-0.2, -0.15) is 0 Å². The molecule has 3 heterocycles. The number of pyridine rings is 1. The summed E-state index contributed by atoms with van der Waals surface area (Å²) in [5.41, 5.74) is 3.64. The molecule has 0 unspecified atom stereocenters. The Morgan fingerprint density at radius 1 is 1.09 bits per heavy atom. The summed E-state index contributed by atoms with van der Waals surface area (Å²) >= 11 is 0. The fourth-order valence-electron chi connectivity index (χ4n) is 2.79. The maximum atomic E-state index is 13.3. The number of H-pyrrole nitrogens is 1. The summed E-state index contributed by atoms with van der Waals surface area (Å²) in [7, 11) is 0. The number of aromatic amines is 1. The third-order valence-electron chi connectivity index (χ3n) is 3.98. The molecule has 2 aromatic heterocycles. The van der Waals surface area contributed by atoms with Crippen molar-refractivity contribution in [3.05, 3.63) is 48.4 Å². The van der Waals surface area contributed by atoms with Gasteiger partial charge in [-0.25, -0.2) is 4.39 Å². The van der Waals surface area contributed by atoms with Crippen molar-refractivity contribution >= 4 is 16.6 Å². The Morgan fingerprint density at radius 3 is 2.73 bits per heavy atom. The number of ether oxygens (including phenoxy) is 1. The van der Waals surface area contributed by atoms with Gasteiger partial charge in [0.1, 0.15) is 5.82 Å². The van der Waals surface area contributed by atoms with Gasteiger partial charge in [0.05, 0.1) is 36.5 Å². The Morgan fingerprint density at radius 2 is 1.95 bits per heavy atom. The third-order valence-corrected chi connectivity index (χ3v) is 3.98. The molecule has 3 aromatic rings. The minimum atomic E-state index is -0.239. The van der Waals surface area contributed by atoms with Crippen LogP contribution in [0, 0.1) is 5.82 Å². The lowest BCUT2D eigenvalue weighted by Gasteiger charge is -2.28. The summed E-state index contributed by atoms with van der Waals surface area (Å²) in [5.74, 6) is -0.239. The van der Waals surface area contributed by atoms with Gasteiger partial charge in [0.25, 0.3) is 0 Å². The number of hydrogen-bond donors (Lipinski definition) is 1. The van der Waals surface area contributed by atoms with Crippen molar-refractivity contribution in [3.8, 4) is 11.4 Å². The lowest BCUT2D eigenvalue weighted by atomic mass is 10.2. The lowest BCUT2D eigenvalue weighted by molar-refractivity contribution is 0.122. The van der Waals surface area contributed by atoms with Gasteiger partial charge in [-0.05, 0) is 36.4 Å². The number of hydrogen-bond acceptors (Lipinski definition) is 3. The molecule has 4 rings (SSSR count). The van der Waals surface area contributed by atoms with Gasteiger partial charge >= 0.3 is 0 Å². The van der Waals surface area contributed by atoms with Gasteiger partial charge in [0, 0.05) is 24.0 Å². The van der Waals surface area contributed by atoms with Crippen LogP contribution in [-0.4, -0.2) is 36.3 Å². The van der Waals surface area contributed by atoms with E-state index < -0.39 is 0 Å². The Kier molecular flexibility index (Phi) is 3.27. The molecule has 1 aliphatic heterocycles. The van der Waals surface area contributed by atoms with Crippen LogP contribution in [0.5, 0.6) is 0 Å². The van der Waals surface area contributed by atoms with Crippen molar-refractivity contribution in [2.75, 3.05) is 31.2 Å². The van der Waals surface area contributed by atoms with Gasteiger partial charge in [0.15, 0.2) is 0 Å². The van der Waals surface area contributed by atoms with E-state index in [1.54, 1.807) is 6.07 Å². The molecule has 1 N–H and O–H groups in total. The number of nitrogens with one attached hydrogen (secondary N) is 1. The molecular weight excluding hydrogens is 281 g/mol. The summed E-state index contributed by atoms with van der Waals surface area (Å²) in [6, 6.07) is 10.8. The van der Waals surface area contributed by atoms with E-state index in [9.17, 15) is 4.39 Å². The highest BCUT2D eigenvalue weighted by Gasteiger charge is 2.12. The summed E-state index contributed by atoms with van der Waals surface area (Å²) in [5, 5.41) is 0.982. The lowest BCUT2D eigenvalue weighted by Crippen LogP contribution is -2.36. The second kappa shape index (κ2) is 5.42. The van der Waals surface area contributed by atoms with Gasteiger partial charge in [-0.1, -0.05) is 0 Å². The van der Waals surface area contributed by atoms with Crippen LogP contribution >= 0.6 is 0 Å². The molecule has 1 aliphatic rings. The molecule has 0 bridgehead atoms. The van der Waals surface area contributed by atoms with Crippen LogP contribution in [-0.2, 0) is 4.74 Å². The molecule has 5 heteroatoms. The number of benzene rings is 1. The van der Waals surface area contributed by atoms with Crippen molar-refractivity contribution in [1.82, 2.24) is 9.97 Å². The normalized spacial score (nSPS) is 15.4. The summed E-state index contributed by atoms with van der Waals surface area (Å²) in [6.45, 7) is 3.31. The molecule has 0 amide bonds. The zero-order valence-electron chi connectivity index (χ0n) is 12.1. The molecule has 0 atom stereocenters. The number of fused-ring (bicyclic) bond motifs is 1. The molecule has 0 saturated carbocycles. The van der Waals surface area contributed by atoms with E-state index in [0.717, 1.165) is 54.3 Å². The highest BCUT2D eigenvalue weighted by Crippen LogP contribution is 2.25. The number of aromatic nitrogens is 2. The van der Waals surface area contributed by atoms with Crippen molar-refractivity contribution in [2.45, 2.75) is 0 Å². The number of rotatable bonds is 2. The van der Waals surface area contributed by atoms with Gasteiger partial charge < -0.3 is 14.6 Å². The highest BCUT2D eigenvalue weighted by molar-refractivity contribution is 5.85. The molecule has 1 aromatic carbocycles. The summed E-state index contributed by atoms with van der Waals surface area (Å²) in [6.07, 6.45) is 1.88. The molecule has 1 saturated heterocycles. The van der Waals surface area contributed by atoms with E-state index >= 15 is 0 Å². The zero-order valence-corrected chi connectivity index (χ0v) is 12.1. The predicted molar refractivity (Wildman–Crippen MR) is 84.5 cm³/mol. The predicted octanol–water partition coefficient (Wildman–Crippen LogP) is 3.21. The van der Waals surface area contributed by atoms with Crippen molar-refractivity contribution in [3.63, 3.8) is 0 Å². The largest absolute Gasteiger partial charge is 0.378 e. The van der Waals surface area contributed by atoms with E-state index in [2.05, 4.69) is 20.9 Å². The van der Waals surface area contributed by atoms with Crippen molar-refractivity contribution < 1.29 is 9.13 Å². The number of nitrogens with zero attached hydrogens (tertiary/aromatic N) is 2. The fourth-order valence-corrected chi connectivity index (χ4v) is 2.79. The maximum Gasteiger partial charge on any atom is 0.125 e. The monoisotopic (exact) mass is 297 g/mol. The average molecular weight is 297 g/mol.